The van der Waals surface area contributed by atoms with Crippen molar-refractivity contribution in [3.05, 3.63) is 57.8 Å². The average molecular weight is 354 g/mol. The highest BCUT2D eigenvalue weighted by molar-refractivity contribution is 9.10. The van der Waals surface area contributed by atoms with Crippen LogP contribution < -0.4 is 5.32 Å². The summed E-state index contributed by atoms with van der Waals surface area (Å²) in [5.41, 5.74) is -0.891. The molecule has 3 N–H and O–H groups in total. The number of carboxylic acid groups (broad SMARTS) is 1. The molecular weight excluding hydrogens is 345 g/mol. The second-order valence-electron chi connectivity index (χ2n) is 4.08. The monoisotopic (exact) mass is 353 g/mol. The van der Waals surface area contributed by atoms with E-state index in [2.05, 4.69) is 21.2 Å². The van der Waals surface area contributed by atoms with Crippen LogP contribution in [-0.2, 0) is 0 Å². The highest BCUT2D eigenvalue weighted by Crippen LogP contribution is 2.24. The first-order valence-electron chi connectivity index (χ1n) is 5.72. The van der Waals surface area contributed by atoms with Gasteiger partial charge >= 0.3 is 5.97 Å². The third kappa shape index (κ3) is 3.19. The molecular formula is C14H9BrFNO4. The average Bonchev–Trinajstić information content (AvgIpc) is 2.41. The van der Waals surface area contributed by atoms with Gasteiger partial charge in [-0.2, -0.15) is 0 Å². The molecule has 0 aliphatic rings. The number of benzene rings is 2. The molecule has 7 heteroatoms. The summed E-state index contributed by atoms with van der Waals surface area (Å²) in [4.78, 5) is 23.1. The first-order chi connectivity index (χ1) is 9.90. The molecule has 0 saturated heterocycles. The lowest BCUT2D eigenvalue weighted by atomic mass is 10.1. The van der Waals surface area contributed by atoms with Crippen LogP contribution in [0.1, 0.15) is 20.7 Å². The summed E-state index contributed by atoms with van der Waals surface area (Å²) in [6.07, 6.45) is 0. The number of phenols is 1. The molecule has 0 bridgehead atoms. The summed E-state index contributed by atoms with van der Waals surface area (Å²) in [6, 6.07) is 7.73. The van der Waals surface area contributed by atoms with E-state index >= 15 is 0 Å². The van der Waals surface area contributed by atoms with Crippen molar-refractivity contribution in [1.82, 2.24) is 0 Å². The summed E-state index contributed by atoms with van der Waals surface area (Å²) < 4.78 is 14.1. The number of aromatic carboxylic acids is 1. The lowest BCUT2D eigenvalue weighted by Crippen LogP contribution is -2.16. The van der Waals surface area contributed by atoms with Crippen molar-refractivity contribution in [2.24, 2.45) is 0 Å². The highest BCUT2D eigenvalue weighted by atomic mass is 79.9. The highest BCUT2D eigenvalue weighted by Gasteiger charge is 2.19. The number of phenolic OH excluding ortho intramolecular Hbond substituents is 1. The molecule has 0 atom stereocenters. The van der Waals surface area contributed by atoms with Gasteiger partial charge < -0.3 is 15.5 Å². The number of rotatable bonds is 3. The molecule has 2 aromatic rings. The molecule has 0 radical (unpaired) electrons. The molecule has 108 valence electrons. The molecule has 0 fully saturated rings. The van der Waals surface area contributed by atoms with Crippen LogP contribution in [0.3, 0.4) is 0 Å². The van der Waals surface area contributed by atoms with E-state index in [9.17, 15) is 19.1 Å². The summed E-state index contributed by atoms with van der Waals surface area (Å²) in [5, 5.41) is 20.9. The molecule has 2 aromatic carbocycles. The Hall–Kier alpha value is -2.41. The minimum absolute atomic E-state index is 0.0648. The number of carbonyl (C=O) groups is 2. The van der Waals surface area contributed by atoms with Gasteiger partial charge in [0.1, 0.15) is 17.1 Å². The molecule has 2 rings (SSSR count). The lowest BCUT2D eigenvalue weighted by molar-refractivity contribution is 0.0693. The standard InChI is InChI=1S/C14H9BrFNO4/c15-7-4-5-11(18)8(6-7)13(19)17-10-3-1-2-9(16)12(10)14(20)21/h1-6,18H,(H,17,19)(H,20,21). The number of carboxylic acids is 1. The first-order valence-corrected chi connectivity index (χ1v) is 6.51. The Morgan fingerprint density at radius 2 is 1.90 bits per heavy atom. The third-order valence-corrected chi connectivity index (χ3v) is 3.17. The van der Waals surface area contributed by atoms with Gasteiger partial charge in [0.05, 0.1) is 11.3 Å². The van der Waals surface area contributed by atoms with E-state index in [1.807, 2.05) is 0 Å². The quantitative estimate of drug-likeness (QED) is 0.790. The van der Waals surface area contributed by atoms with Crippen LogP contribution >= 0.6 is 15.9 Å². The van der Waals surface area contributed by atoms with Crippen LogP contribution in [0, 0.1) is 5.82 Å². The van der Waals surface area contributed by atoms with E-state index in [1.165, 1.54) is 30.3 Å². The van der Waals surface area contributed by atoms with Gasteiger partial charge in [0.15, 0.2) is 0 Å². The number of hydrogen-bond acceptors (Lipinski definition) is 3. The lowest BCUT2D eigenvalue weighted by Gasteiger charge is -2.10. The number of amides is 1. The number of hydrogen-bond donors (Lipinski definition) is 3. The van der Waals surface area contributed by atoms with Crippen LogP contribution in [0.2, 0.25) is 0 Å². The molecule has 0 aliphatic carbocycles. The van der Waals surface area contributed by atoms with E-state index in [0.717, 1.165) is 6.07 Å². The van der Waals surface area contributed by atoms with E-state index in [4.69, 9.17) is 5.11 Å². The van der Waals surface area contributed by atoms with Gasteiger partial charge in [0.25, 0.3) is 5.91 Å². The predicted octanol–water partition coefficient (Wildman–Crippen LogP) is 3.24. The fourth-order valence-electron chi connectivity index (χ4n) is 1.73. The Bertz CT molecular complexity index is 733. The van der Waals surface area contributed by atoms with Crippen LogP contribution in [0.5, 0.6) is 5.75 Å². The third-order valence-electron chi connectivity index (χ3n) is 2.68. The second-order valence-corrected chi connectivity index (χ2v) is 5.00. The van der Waals surface area contributed by atoms with Gasteiger partial charge in [0, 0.05) is 4.47 Å². The Labute approximate surface area is 127 Å². The van der Waals surface area contributed by atoms with Gasteiger partial charge in [-0.05, 0) is 30.3 Å². The molecule has 21 heavy (non-hydrogen) atoms. The van der Waals surface area contributed by atoms with Crippen molar-refractivity contribution in [3.8, 4) is 5.75 Å². The fourth-order valence-corrected chi connectivity index (χ4v) is 2.09. The summed E-state index contributed by atoms with van der Waals surface area (Å²) in [6.45, 7) is 0. The van der Waals surface area contributed by atoms with Crippen molar-refractivity contribution in [1.29, 1.82) is 0 Å². The Morgan fingerprint density at radius 1 is 1.19 bits per heavy atom. The fraction of sp³-hybridized carbons (Fsp3) is 0. The molecule has 0 spiro atoms. The molecule has 0 saturated carbocycles. The topological polar surface area (TPSA) is 86.6 Å². The number of nitrogens with one attached hydrogen (secondary N) is 1. The maximum absolute atomic E-state index is 13.5. The summed E-state index contributed by atoms with van der Waals surface area (Å²) >= 11 is 3.15. The largest absolute Gasteiger partial charge is 0.507 e. The minimum atomic E-state index is -1.50. The zero-order valence-electron chi connectivity index (χ0n) is 10.4. The van der Waals surface area contributed by atoms with Crippen molar-refractivity contribution in [3.63, 3.8) is 0 Å². The smallest absolute Gasteiger partial charge is 0.340 e. The second kappa shape index (κ2) is 5.92. The van der Waals surface area contributed by atoms with E-state index in [-0.39, 0.29) is 17.0 Å². The summed E-state index contributed by atoms with van der Waals surface area (Å²) in [7, 11) is 0. The van der Waals surface area contributed by atoms with Crippen molar-refractivity contribution in [2.75, 3.05) is 5.32 Å². The Balaban J connectivity index is 2.39. The van der Waals surface area contributed by atoms with E-state index in [1.54, 1.807) is 0 Å². The van der Waals surface area contributed by atoms with Gasteiger partial charge in [-0.15, -0.1) is 0 Å². The molecule has 1 amide bonds. The zero-order chi connectivity index (χ0) is 15.6. The van der Waals surface area contributed by atoms with Crippen LogP contribution in [0.25, 0.3) is 0 Å². The van der Waals surface area contributed by atoms with Gasteiger partial charge in [0.2, 0.25) is 0 Å². The predicted molar refractivity (Wildman–Crippen MR) is 77.1 cm³/mol. The maximum atomic E-state index is 13.5. The molecule has 0 aromatic heterocycles. The van der Waals surface area contributed by atoms with E-state index in [0.29, 0.717) is 4.47 Å². The van der Waals surface area contributed by atoms with Crippen LogP contribution in [0.4, 0.5) is 10.1 Å². The first kappa shape index (κ1) is 15.0. The zero-order valence-corrected chi connectivity index (χ0v) is 12.0. The van der Waals surface area contributed by atoms with Gasteiger partial charge in [-0.25, -0.2) is 9.18 Å². The van der Waals surface area contributed by atoms with Gasteiger partial charge in [-0.3, -0.25) is 4.79 Å². The maximum Gasteiger partial charge on any atom is 0.340 e. The van der Waals surface area contributed by atoms with Crippen LogP contribution in [-0.4, -0.2) is 22.1 Å². The SMILES string of the molecule is O=C(Nc1cccc(F)c1C(=O)O)c1cc(Br)ccc1O. The Morgan fingerprint density at radius 3 is 2.57 bits per heavy atom. The van der Waals surface area contributed by atoms with Crippen LogP contribution in [0.15, 0.2) is 40.9 Å². The van der Waals surface area contributed by atoms with Gasteiger partial charge in [-0.1, -0.05) is 22.0 Å². The summed E-state index contributed by atoms with van der Waals surface area (Å²) in [5.74, 6) is -3.48. The van der Waals surface area contributed by atoms with E-state index < -0.39 is 23.3 Å². The normalized spacial score (nSPS) is 10.2. The molecule has 5 nitrogen and oxygen atoms in total. The Kier molecular flexibility index (Phi) is 4.23. The molecule has 0 aliphatic heterocycles. The number of aromatic hydroxyl groups is 1. The van der Waals surface area contributed by atoms with Crippen molar-refractivity contribution >= 4 is 33.5 Å². The van der Waals surface area contributed by atoms with Crippen molar-refractivity contribution in [2.45, 2.75) is 0 Å². The molecule has 0 unspecified atom stereocenters. The minimum Gasteiger partial charge on any atom is -0.507 e. The number of anilines is 1. The number of carbonyl (C=O) groups excluding carboxylic acids is 1. The molecule has 0 heterocycles. The van der Waals surface area contributed by atoms with Crippen molar-refractivity contribution < 1.29 is 24.2 Å². The number of halogens is 2.